The third kappa shape index (κ3) is 5.69. The van der Waals surface area contributed by atoms with Crippen LogP contribution in [0.5, 0.6) is 0 Å². The SMILES string of the molecule is [CH2-]CCCC.[Na+].c1ccc2ccccc2c1. The summed E-state index contributed by atoms with van der Waals surface area (Å²) in [4.78, 5) is 0. The van der Waals surface area contributed by atoms with E-state index in [-0.39, 0.29) is 29.6 Å². The quantitative estimate of drug-likeness (QED) is 0.537. The number of benzene rings is 2. The van der Waals surface area contributed by atoms with Crippen LogP contribution in [0.15, 0.2) is 48.5 Å². The molecule has 0 unspecified atom stereocenters. The number of fused-ring (bicyclic) bond motifs is 1. The number of unbranched alkanes of at least 4 members (excludes halogenated alkanes) is 2. The number of hydrogen-bond acceptors (Lipinski definition) is 0. The maximum Gasteiger partial charge on any atom is 1.00 e. The monoisotopic (exact) mass is 222 g/mol. The number of hydrogen-bond donors (Lipinski definition) is 0. The molecule has 0 atom stereocenters. The summed E-state index contributed by atoms with van der Waals surface area (Å²) in [5, 5.41) is 2.62. The normalized spacial score (nSPS) is 8.88. The van der Waals surface area contributed by atoms with Crippen LogP contribution in [-0.4, -0.2) is 0 Å². The van der Waals surface area contributed by atoms with Crippen molar-refractivity contribution in [1.29, 1.82) is 0 Å². The molecule has 2 aromatic rings. The van der Waals surface area contributed by atoms with Crippen LogP contribution in [0.4, 0.5) is 0 Å². The van der Waals surface area contributed by atoms with Crippen LogP contribution in [-0.2, 0) is 0 Å². The van der Waals surface area contributed by atoms with Crippen molar-refractivity contribution in [2.24, 2.45) is 0 Å². The molecule has 0 aliphatic heterocycles. The Labute approximate surface area is 121 Å². The second kappa shape index (κ2) is 9.89. The maximum atomic E-state index is 3.68. The van der Waals surface area contributed by atoms with Gasteiger partial charge >= 0.3 is 29.6 Å². The summed E-state index contributed by atoms with van der Waals surface area (Å²) in [5.41, 5.74) is 0. The van der Waals surface area contributed by atoms with Crippen molar-refractivity contribution in [3.8, 4) is 0 Å². The van der Waals surface area contributed by atoms with Crippen LogP contribution in [0, 0.1) is 6.92 Å². The summed E-state index contributed by atoms with van der Waals surface area (Å²) >= 11 is 0. The van der Waals surface area contributed by atoms with E-state index in [9.17, 15) is 0 Å². The molecular weight excluding hydrogens is 203 g/mol. The van der Waals surface area contributed by atoms with Crippen LogP contribution in [0.3, 0.4) is 0 Å². The molecule has 0 aliphatic rings. The predicted octanol–water partition coefficient (Wildman–Crippen LogP) is 1.85. The third-order valence-corrected chi connectivity index (χ3v) is 2.26. The van der Waals surface area contributed by atoms with Crippen LogP contribution < -0.4 is 29.6 Å². The zero-order chi connectivity index (χ0) is 10.9. The van der Waals surface area contributed by atoms with Gasteiger partial charge in [-0.15, -0.1) is 0 Å². The minimum atomic E-state index is 0. The fourth-order valence-corrected chi connectivity index (χ4v) is 1.38. The van der Waals surface area contributed by atoms with Gasteiger partial charge in [0.05, 0.1) is 0 Å². The van der Waals surface area contributed by atoms with Gasteiger partial charge in [0.1, 0.15) is 0 Å². The van der Waals surface area contributed by atoms with Crippen LogP contribution in [0.25, 0.3) is 10.8 Å². The minimum Gasteiger partial charge on any atom is -0.343 e. The van der Waals surface area contributed by atoms with E-state index in [1.54, 1.807) is 0 Å². The van der Waals surface area contributed by atoms with Crippen molar-refractivity contribution >= 4 is 10.8 Å². The molecule has 80 valence electrons. The molecule has 0 amide bonds. The van der Waals surface area contributed by atoms with Crippen LogP contribution in [0.2, 0.25) is 0 Å². The van der Waals surface area contributed by atoms with Gasteiger partial charge in [0, 0.05) is 0 Å². The molecule has 0 saturated heterocycles. The van der Waals surface area contributed by atoms with E-state index in [0.717, 1.165) is 6.42 Å². The van der Waals surface area contributed by atoms with E-state index in [1.807, 2.05) is 0 Å². The summed E-state index contributed by atoms with van der Waals surface area (Å²) in [7, 11) is 0. The van der Waals surface area contributed by atoms with Gasteiger partial charge in [-0.3, -0.25) is 0 Å². The summed E-state index contributed by atoms with van der Waals surface area (Å²) in [5.74, 6) is 0. The van der Waals surface area contributed by atoms with E-state index in [1.165, 1.54) is 23.6 Å². The average molecular weight is 222 g/mol. The van der Waals surface area contributed by atoms with Crippen LogP contribution in [0.1, 0.15) is 26.2 Å². The Kier molecular flexibility index (Phi) is 9.71. The van der Waals surface area contributed by atoms with E-state index < -0.39 is 0 Å². The molecule has 0 bridgehead atoms. The fraction of sp³-hybridized carbons (Fsp3) is 0.267. The van der Waals surface area contributed by atoms with Crippen molar-refractivity contribution in [3.63, 3.8) is 0 Å². The zero-order valence-corrected chi connectivity index (χ0v) is 12.4. The molecule has 0 heterocycles. The fourth-order valence-electron chi connectivity index (χ4n) is 1.38. The second-order valence-electron chi connectivity index (χ2n) is 3.55. The molecule has 0 N–H and O–H groups in total. The molecule has 2 aromatic carbocycles. The van der Waals surface area contributed by atoms with Gasteiger partial charge in [-0.2, -0.15) is 6.42 Å². The first kappa shape index (κ1) is 15.7. The first-order valence-corrected chi connectivity index (χ1v) is 5.61. The molecule has 0 aliphatic carbocycles. The average Bonchev–Trinajstić information content (AvgIpc) is 2.31. The van der Waals surface area contributed by atoms with Gasteiger partial charge < -0.3 is 6.92 Å². The summed E-state index contributed by atoms with van der Waals surface area (Å²) < 4.78 is 0. The number of rotatable bonds is 2. The van der Waals surface area contributed by atoms with Crippen molar-refractivity contribution in [2.75, 3.05) is 0 Å². The van der Waals surface area contributed by atoms with Crippen LogP contribution >= 0.6 is 0 Å². The van der Waals surface area contributed by atoms with Crippen molar-refractivity contribution in [2.45, 2.75) is 26.2 Å². The summed E-state index contributed by atoms with van der Waals surface area (Å²) in [6, 6.07) is 16.7. The molecule has 2 rings (SSSR count). The molecule has 0 radical (unpaired) electrons. The molecule has 0 nitrogen and oxygen atoms in total. The van der Waals surface area contributed by atoms with Crippen molar-refractivity contribution < 1.29 is 29.6 Å². The zero-order valence-electron chi connectivity index (χ0n) is 10.4. The minimum absolute atomic E-state index is 0. The third-order valence-electron chi connectivity index (χ3n) is 2.26. The van der Waals surface area contributed by atoms with Crippen molar-refractivity contribution in [3.05, 3.63) is 55.5 Å². The Balaban J connectivity index is 0.000000330. The Bertz CT molecular complexity index is 314. The van der Waals surface area contributed by atoms with Gasteiger partial charge in [0.25, 0.3) is 0 Å². The van der Waals surface area contributed by atoms with E-state index in [2.05, 4.69) is 62.4 Å². The second-order valence-corrected chi connectivity index (χ2v) is 3.55. The Morgan fingerprint density at radius 2 is 1.25 bits per heavy atom. The summed E-state index contributed by atoms with van der Waals surface area (Å²) in [6.07, 6.45) is 3.65. The van der Waals surface area contributed by atoms with Gasteiger partial charge in [0.15, 0.2) is 0 Å². The van der Waals surface area contributed by atoms with Gasteiger partial charge in [0.2, 0.25) is 0 Å². The Morgan fingerprint density at radius 1 is 0.875 bits per heavy atom. The topological polar surface area (TPSA) is 0 Å². The van der Waals surface area contributed by atoms with E-state index in [4.69, 9.17) is 0 Å². The standard InChI is InChI=1S/C10H8.C5H11.Na/c1-2-6-10-8-4-3-7-9(10)5-1;1-3-5-4-2;/h1-8H;1,3-5H2,2H3;/q;-1;+1. The van der Waals surface area contributed by atoms with Gasteiger partial charge in [-0.1, -0.05) is 68.3 Å². The molecule has 0 fully saturated rings. The van der Waals surface area contributed by atoms with Crippen molar-refractivity contribution in [1.82, 2.24) is 0 Å². The molecule has 1 heteroatoms. The van der Waals surface area contributed by atoms with E-state index >= 15 is 0 Å². The van der Waals surface area contributed by atoms with Gasteiger partial charge in [-0.25, -0.2) is 0 Å². The molecular formula is C15H19Na. The largest absolute Gasteiger partial charge is 1.00 e. The van der Waals surface area contributed by atoms with Gasteiger partial charge in [-0.05, 0) is 10.8 Å². The first-order valence-electron chi connectivity index (χ1n) is 5.61. The Hall–Kier alpha value is -0.300. The smallest absolute Gasteiger partial charge is 0.343 e. The predicted molar refractivity (Wildman–Crippen MR) is 68.8 cm³/mol. The van der Waals surface area contributed by atoms with E-state index in [0.29, 0.717) is 0 Å². The first-order chi connectivity index (χ1) is 7.38. The molecule has 0 aromatic heterocycles. The molecule has 0 saturated carbocycles. The molecule has 0 spiro atoms. The maximum absolute atomic E-state index is 3.68. The molecule has 16 heavy (non-hydrogen) atoms. The summed E-state index contributed by atoms with van der Waals surface area (Å²) in [6.45, 7) is 5.85. The Morgan fingerprint density at radius 3 is 1.44 bits per heavy atom.